The number of hydrogen-bond donors (Lipinski definition) is 1. The average Bonchev–Trinajstić information content (AvgIpc) is 2.30. The van der Waals surface area contributed by atoms with Crippen LogP contribution < -0.4 is 5.32 Å². The number of alkyl halides is 1. The van der Waals surface area contributed by atoms with Crippen LogP contribution in [0.5, 0.6) is 0 Å². The van der Waals surface area contributed by atoms with Crippen molar-refractivity contribution in [3.63, 3.8) is 0 Å². The molecular weight excluding hydrogens is 270 g/mol. The summed E-state index contributed by atoms with van der Waals surface area (Å²) in [6.07, 6.45) is 0.430. The molecule has 0 saturated carbocycles. The Balaban J connectivity index is 2.12. The van der Waals surface area contributed by atoms with E-state index in [9.17, 15) is 4.79 Å². The number of halogens is 1. The van der Waals surface area contributed by atoms with Gasteiger partial charge in [0.25, 0.3) is 0 Å². The van der Waals surface area contributed by atoms with Crippen molar-refractivity contribution in [2.45, 2.75) is 6.42 Å². The molecule has 0 aromatic heterocycles. The molecular formula is C12H16BrNO2. The second kappa shape index (κ2) is 8.30. The molecule has 4 heteroatoms. The van der Waals surface area contributed by atoms with Crippen molar-refractivity contribution >= 4 is 21.8 Å². The summed E-state index contributed by atoms with van der Waals surface area (Å²) in [6.45, 7) is 1.80. The fraction of sp³-hybridized carbons (Fsp3) is 0.417. The monoisotopic (exact) mass is 285 g/mol. The van der Waals surface area contributed by atoms with Crippen LogP contribution in [0.25, 0.3) is 0 Å². The highest BCUT2D eigenvalue weighted by Gasteiger charge is 2.01. The van der Waals surface area contributed by atoms with Crippen LogP contribution >= 0.6 is 15.9 Å². The van der Waals surface area contributed by atoms with Gasteiger partial charge in [-0.1, -0.05) is 46.3 Å². The van der Waals surface area contributed by atoms with Gasteiger partial charge in [0.1, 0.15) is 0 Å². The Bertz CT molecular complexity index is 303. The van der Waals surface area contributed by atoms with Crippen molar-refractivity contribution in [1.82, 2.24) is 5.32 Å². The van der Waals surface area contributed by atoms with E-state index in [1.165, 1.54) is 0 Å². The first-order valence-electron chi connectivity index (χ1n) is 5.27. The van der Waals surface area contributed by atoms with E-state index in [1.54, 1.807) is 0 Å². The SMILES string of the molecule is O=C(Cc1ccccc1)NCCOCCBr. The number of carbonyl (C=O) groups excluding carboxylic acids is 1. The maximum atomic E-state index is 11.5. The first-order chi connectivity index (χ1) is 7.83. The van der Waals surface area contributed by atoms with Gasteiger partial charge in [-0.25, -0.2) is 0 Å². The molecule has 0 bridgehead atoms. The number of hydrogen-bond acceptors (Lipinski definition) is 2. The van der Waals surface area contributed by atoms with Crippen molar-refractivity contribution in [2.24, 2.45) is 0 Å². The summed E-state index contributed by atoms with van der Waals surface area (Å²) >= 11 is 3.26. The van der Waals surface area contributed by atoms with E-state index in [4.69, 9.17) is 4.74 Å². The number of carbonyl (C=O) groups is 1. The summed E-state index contributed by atoms with van der Waals surface area (Å²) in [5.41, 5.74) is 1.03. The first-order valence-corrected chi connectivity index (χ1v) is 6.39. The molecule has 1 rings (SSSR count). The Hall–Kier alpha value is -0.870. The standard InChI is InChI=1S/C12H16BrNO2/c13-6-8-16-9-7-14-12(15)10-11-4-2-1-3-5-11/h1-5H,6-10H2,(H,14,15). The van der Waals surface area contributed by atoms with Gasteiger partial charge in [-0.3, -0.25) is 4.79 Å². The largest absolute Gasteiger partial charge is 0.379 e. The quantitative estimate of drug-likeness (QED) is 0.612. The lowest BCUT2D eigenvalue weighted by Crippen LogP contribution is -2.28. The molecule has 0 saturated heterocycles. The second-order valence-corrected chi connectivity index (χ2v) is 4.11. The predicted molar refractivity (Wildman–Crippen MR) is 67.8 cm³/mol. The van der Waals surface area contributed by atoms with Gasteiger partial charge in [0.2, 0.25) is 5.91 Å². The molecule has 0 atom stereocenters. The molecule has 88 valence electrons. The highest BCUT2D eigenvalue weighted by Crippen LogP contribution is 1.98. The minimum absolute atomic E-state index is 0.0358. The van der Waals surface area contributed by atoms with E-state index in [-0.39, 0.29) is 5.91 Å². The Kier molecular flexibility index (Phi) is 6.85. The van der Waals surface area contributed by atoms with Crippen LogP contribution in [0.3, 0.4) is 0 Å². The van der Waals surface area contributed by atoms with Crippen LogP contribution in [-0.4, -0.2) is 31.0 Å². The zero-order chi connectivity index (χ0) is 11.6. The summed E-state index contributed by atoms with van der Waals surface area (Å²) in [5, 5.41) is 3.64. The van der Waals surface area contributed by atoms with E-state index in [0.29, 0.717) is 26.2 Å². The zero-order valence-corrected chi connectivity index (χ0v) is 10.7. The van der Waals surface area contributed by atoms with E-state index in [1.807, 2.05) is 30.3 Å². The molecule has 1 N–H and O–H groups in total. The highest BCUT2D eigenvalue weighted by atomic mass is 79.9. The number of rotatable bonds is 7. The number of nitrogens with one attached hydrogen (secondary N) is 1. The van der Waals surface area contributed by atoms with Crippen molar-refractivity contribution in [1.29, 1.82) is 0 Å². The topological polar surface area (TPSA) is 38.3 Å². The molecule has 16 heavy (non-hydrogen) atoms. The lowest BCUT2D eigenvalue weighted by atomic mass is 10.1. The molecule has 0 radical (unpaired) electrons. The molecule has 0 heterocycles. The van der Waals surface area contributed by atoms with Gasteiger partial charge in [-0.2, -0.15) is 0 Å². The Morgan fingerprint density at radius 2 is 2.00 bits per heavy atom. The number of amides is 1. The van der Waals surface area contributed by atoms with Gasteiger partial charge in [-0.05, 0) is 5.56 Å². The summed E-state index contributed by atoms with van der Waals surface area (Å²) < 4.78 is 5.22. The van der Waals surface area contributed by atoms with Crippen LogP contribution in [0.1, 0.15) is 5.56 Å². The maximum absolute atomic E-state index is 11.5. The van der Waals surface area contributed by atoms with Gasteiger partial charge in [0.05, 0.1) is 19.6 Å². The molecule has 0 aliphatic carbocycles. The van der Waals surface area contributed by atoms with E-state index in [2.05, 4.69) is 21.2 Å². The molecule has 0 fully saturated rings. The lowest BCUT2D eigenvalue weighted by Gasteiger charge is -2.05. The first kappa shape index (κ1) is 13.2. The van der Waals surface area contributed by atoms with Crippen LogP contribution in [0.15, 0.2) is 30.3 Å². The smallest absolute Gasteiger partial charge is 0.224 e. The van der Waals surface area contributed by atoms with Crippen LogP contribution in [0.4, 0.5) is 0 Å². The van der Waals surface area contributed by atoms with Crippen molar-refractivity contribution in [3.05, 3.63) is 35.9 Å². The van der Waals surface area contributed by atoms with Gasteiger partial charge in [0.15, 0.2) is 0 Å². The predicted octanol–water partition coefficient (Wildman–Crippen LogP) is 1.76. The van der Waals surface area contributed by atoms with Crippen LogP contribution in [0, 0.1) is 0 Å². The van der Waals surface area contributed by atoms with Gasteiger partial charge < -0.3 is 10.1 Å². The van der Waals surface area contributed by atoms with E-state index in [0.717, 1.165) is 10.9 Å². The molecule has 0 spiro atoms. The Labute approximate surface area is 104 Å². The van der Waals surface area contributed by atoms with Gasteiger partial charge in [-0.15, -0.1) is 0 Å². The van der Waals surface area contributed by atoms with E-state index < -0.39 is 0 Å². The molecule has 3 nitrogen and oxygen atoms in total. The lowest BCUT2D eigenvalue weighted by molar-refractivity contribution is -0.120. The summed E-state index contributed by atoms with van der Waals surface area (Å²) in [4.78, 5) is 11.5. The third kappa shape index (κ3) is 5.88. The summed E-state index contributed by atoms with van der Waals surface area (Å²) in [5.74, 6) is 0.0358. The summed E-state index contributed by atoms with van der Waals surface area (Å²) in [7, 11) is 0. The molecule has 0 aliphatic heterocycles. The van der Waals surface area contributed by atoms with Crippen molar-refractivity contribution < 1.29 is 9.53 Å². The highest BCUT2D eigenvalue weighted by molar-refractivity contribution is 9.09. The van der Waals surface area contributed by atoms with Crippen LogP contribution in [-0.2, 0) is 16.0 Å². The van der Waals surface area contributed by atoms with Crippen molar-refractivity contribution in [2.75, 3.05) is 25.1 Å². The van der Waals surface area contributed by atoms with Gasteiger partial charge in [0, 0.05) is 11.9 Å². The fourth-order valence-corrected chi connectivity index (χ4v) is 1.49. The van der Waals surface area contributed by atoms with Gasteiger partial charge >= 0.3 is 0 Å². The second-order valence-electron chi connectivity index (χ2n) is 3.31. The molecule has 0 aliphatic rings. The Morgan fingerprint density at radius 3 is 2.69 bits per heavy atom. The molecule has 1 aromatic carbocycles. The molecule has 0 unspecified atom stereocenters. The van der Waals surface area contributed by atoms with Crippen LogP contribution in [0.2, 0.25) is 0 Å². The normalized spacial score (nSPS) is 10.1. The average molecular weight is 286 g/mol. The zero-order valence-electron chi connectivity index (χ0n) is 9.12. The third-order valence-electron chi connectivity index (χ3n) is 2.00. The minimum Gasteiger partial charge on any atom is -0.379 e. The molecule has 1 amide bonds. The number of benzene rings is 1. The fourth-order valence-electron chi connectivity index (χ4n) is 1.26. The third-order valence-corrected chi connectivity index (χ3v) is 2.32. The molecule has 1 aromatic rings. The van der Waals surface area contributed by atoms with E-state index >= 15 is 0 Å². The summed E-state index contributed by atoms with van der Waals surface area (Å²) in [6, 6.07) is 9.70. The van der Waals surface area contributed by atoms with Crippen molar-refractivity contribution in [3.8, 4) is 0 Å². The Morgan fingerprint density at radius 1 is 1.25 bits per heavy atom. The minimum atomic E-state index is 0.0358. The maximum Gasteiger partial charge on any atom is 0.224 e. The number of ether oxygens (including phenoxy) is 1.